The molecule has 0 amide bonds. The molecule has 1 saturated carbocycles. The maximum absolute atomic E-state index is 12.4. The molecule has 1 aliphatic carbocycles. The summed E-state index contributed by atoms with van der Waals surface area (Å²) in [6.07, 6.45) is 2.41. The van der Waals surface area contributed by atoms with E-state index in [1.54, 1.807) is 18.2 Å². The normalized spacial score (nSPS) is 15.4. The number of methoxy groups -OCH3 is 1. The fourth-order valence-electron chi connectivity index (χ4n) is 2.19. The molecule has 0 saturated heterocycles. The molecule has 1 fully saturated rings. The largest absolute Gasteiger partial charge is 0.495 e. The van der Waals surface area contributed by atoms with Gasteiger partial charge in [0.05, 0.1) is 7.11 Å². The summed E-state index contributed by atoms with van der Waals surface area (Å²) in [4.78, 5) is 2.32. The van der Waals surface area contributed by atoms with Gasteiger partial charge in [-0.1, -0.05) is 6.07 Å². The highest BCUT2D eigenvalue weighted by atomic mass is 32.2. The molecule has 0 unspecified atom stereocenters. The van der Waals surface area contributed by atoms with Gasteiger partial charge < -0.3 is 15.4 Å². The number of nitrogens with two attached hydrogens (primary N) is 1. The molecular weight excluding hydrogens is 290 g/mol. The quantitative estimate of drug-likeness (QED) is 0.731. The molecule has 6 nitrogen and oxygen atoms in total. The maximum atomic E-state index is 12.4. The highest BCUT2D eigenvalue weighted by Gasteiger charge is 2.26. The van der Waals surface area contributed by atoms with Crippen molar-refractivity contribution in [3.05, 3.63) is 23.8 Å². The summed E-state index contributed by atoms with van der Waals surface area (Å²) in [6, 6.07) is 5.57. The molecule has 0 aromatic heterocycles. The minimum Gasteiger partial charge on any atom is -0.495 e. The second-order valence-corrected chi connectivity index (χ2v) is 7.03. The second kappa shape index (κ2) is 6.74. The van der Waals surface area contributed by atoms with Crippen LogP contribution in [0.5, 0.6) is 5.75 Å². The standard InChI is InChI=1S/C14H23N3O3S/c1-17(12-4-5-12)8-7-16-21(18,19)14-9-11(10-15)3-6-13(14)20-2/h3,6,9,12,16H,4-5,7-8,10,15H2,1-2H3. The van der Waals surface area contributed by atoms with Crippen LogP contribution in [0, 0.1) is 0 Å². The predicted molar refractivity (Wildman–Crippen MR) is 81.7 cm³/mol. The summed E-state index contributed by atoms with van der Waals surface area (Å²) >= 11 is 0. The number of sulfonamides is 1. The molecule has 0 bridgehead atoms. The van der Waals surface area contributed by atoms with Crippen molar-refractivity contribution in [1.82, 2.24) is 9.62 Å². The summed E-state index contributed by atoms with van der Waals surface area (Å²) in [6.45, 7) is 1.37. The van der Waals surface area contributed by atoms with E-state index in [4.69, 9.17) is 10.5 Å². The van der Waals surface area contributed by atoms with Crippen LogP contribution in [0.15, 0.2) is 23.1 Å². The van der Waals surface area contributed by atoms with E-state index < -0.39 is 10.0 Å². The highest BCUT2D eigenvalue weighted by Crippen LogP contribution is 2.26. The van der Waals surface area contributed by atoms with Crippen molar-refractivity contribution in [3.8, 4) is 5.75 Å². The third-order valence-corrected chi connectivity index (χ3v) is 5.16. The molecule has 0 radical (unpaired) electrons. The molecule has 1 aliphatic rings. The Morgan fingerprint density at radius 3 is 2.71 bits per heavy atom. The first kappa shape index (κ1) is 16.2. The minimum atomic E-state index is -3.59. The number of nitrogens with zero attached hydrogens (tertiary/aromatic N) is 1. The molecule has 0 aliphatic heterocycles. The number of hydrogen-bond acceptors (Lipinski definition) is 5. The molecule has 0 atom stereocenters. The smallest absolute Gasteiger partial charge is 0.244 e. The first-order chi connectivity index (χ1) is 9.97. The van der Waals surface area contributed by atoms with Crippen molar-refractivity contribution in [2.75, 3.05) is 27.2 Å². The first-order valence-corrected chi connectivity index (χ1v) is 8.53. The molecular formula is C14H23N3O3S. The molecule has 1 aromatic carbocycles. The Morgan fingerprint density at radius 2 is 2.14 bits per heavy atom. The van der Waals surface area contributed by atoms with Gasteiger partial charge in [-0.25, -0.2) is 13.1 Å². The Balaban J connectivity index is 2.06. The van der Waals surface area contributed by atoms with E-state index in [0.717, 1.165) is 5.56 Å². The topological polar surface area (TPSA) is 84.7 Å². The number of likely N-dealkylation sites (N-methyl/N-ethyl adjacent to an activating group) is 1. The van der Waals surface area contributed by atoms with Crippen molar-refractivity contribution in [2.45, 2.75) is 30.3 Å². The third-order valence-electron chi connectivity index (χ3n) is 3.68. The van der Waals surface area contributed by atoms with Crippen LogP contribution < -0.4 is 15.2 Å². The summed E-state index contributed by atoms with van der Waals surface area (Å²) in [5, 5.41) is 0. The Labute approximate surface area is 126 Å². The highest BCUT2D eigenvalue weighted by molar-refractivity contribution is 7.89. The van der Waals surface area contributed by atoms with Gasteiger partial charge >= 0.3 is 0 Å². The predicted octanol–water partition coefficient (Wildman–Crippen LogP) is 0.526. The zero-order valence-electron chi connectivity index (χ0n) is 12.5. The van der Waals surface area contributed by atoms with E-state index in [9.17, 15) is 8.42 Å². The number of ether oxygens (including phenoxy) is 1. The van der Waals surface area contributed by atoms with E-state index in [1.807, 2.05) is 7.05 Å². The summed E-state index contributed by atoms with van der Waals surface area (Å²) in [5.41, 5.74) is 6.33. The average molecular weight is 313 g/mol. The van der Waals surface area contributed by atoms with Crippen LogP contribution in [0.25, 0.3) is 0 Å². The average Bonchev–Trinajstić information content (AvgIpc) is 3.31. The van der Waals surface area contributed by atoms with Gasteiger partial charge in [-0.05, 0) is 37.6 Å². The summed E-state index contributed by atoms with van der Waals surface area (Å²) in [5.74, 6) is 0.329. The number of benzene rings is 1. The van der Waals surface area contributed by atoms with E-state index >= 15 is 0 Å². The Morgan fingerprint density at radius 1 is 1.43 bits per heavy atom. The van der Waals surface area contributed by atoms with Gasteiger partial charge in [0.25, 0.3) is 0 Å². The number of rotatable bonds is 8. The fourth-order valence-corrected chi connectivity index (χ4v) is 3.43. The number of nitrogens with one attached hydrogen (secondary N) is 1. The van der Waals surface area contributed by atoms with E-state index in [1.165, 1.54) is 20.0 Å². The lowest BCUT2D eigenvalue weighted by atomic mass is 10.2. The van der Waals surface area contributed by atoms with Crippen LogP contribution in [0.4, 0.5) is 0 Å². The zero-order valence-corrected chi connectivity index (χ0v) is 13.3. The lowest BCUT2D eigenvalue weighted by molar-refractivity contribution is 0.329. The molecule has 0 heterocycles. The van der Waals surface area contributed by atoms with Gasteiger partial charge in [-0.3, -0.25) is 0 Å². The van der Waals surface area contributed by atoms with Gasteiger partial charge in [-0.2, -0.15) is 0 Å². The Kier molecular flexibility index (Phi) is 5.21. The van der Waals surface area contributed by atoms with Crippen molar-refractivity contribution >= 4 is 10.0 Å². The van der Waals surface area contributed by atoms with Gasteiger partial charge in [0.2, 0.25) is 10.0 Å². The third kappa shape index (κ3) is 4.16. The Hall–Kier alpha value is -1.15. The van der Waals surface area contributed by atoms with E-state index in [0.29, 0.717) is 24.9 Å². The Bertz CT molecular complexity index is 585. The molecule has 1 aromatic rings. The fraction of sp³-hybridized carbons (Fsp3) is 0.571. The van der Waals surface area contributed by atoms with Crippen molar-refractivity contribution in [3.63, 3.8) is 0 Å². The lowest BCUT2D eigenvalue weighted by Gasteiger charge is -2.16. The molecule has 118 valence electrons. The van der Waals surface area contributed by atoms with E-state index in [2.05, 4.69) is 9.62 Å². The maximum Gasteiger partial charge on any atom is 0.244 e. The van der Waals surface area contributed by atoms with Gasteiger partial charge in [0.15, 0.2) is 0 Å². The van der Waals surface area contributed by atoms with Crippen LogP contribution >= 0.6 is 0 Å². The number of hydrogen-bond donors (Lipinski definition) is 2. The SMILES string of the molecule is COc1ccc(CN)cc1S(=O)(=O)NCCN(C)C1CC1. The molecule has 3 N–H and O–H groups in total. The molecule has 0 spiro atoms. The van der Waals surface area contributed by atoms with Crippen LogP contribution in [-0.4, -0.2) is 46.6 Å². The second-order valence-electron chi connectivity index (χ2n) is 5.30. The van der Waals surface area contributed by atoms with Crippen LogP contribution in [0.1, 0.15) is 18.4 Å². The van der Waals surface area contributed by atoms with Crippen LogP contribution in [-0.2, 0) is 16.6 Å². The van der Waals surface area contributed by atoms with Crippen molar-refractivity contribution < 1.29 is 13.2 Å². The zero-order chi connectivity index (χ0) is 15.5. The first-order valence-electron chi connectivity index (χ1n) is 7.05. The lowest BCUT2D eigenvalue weighted by Crippen LogP contribution is -2.34. The molecule has 2 rings (SSSR count). The minimum absolute atomic E-state index is 0.141. The summed E-state index contributed by atoms with van der Waals surface area (Å²) < 4.78 is 32.6. The van der Waals surface area contributed by atoms with Crippen LogP contribution in [0.3, 0.4) is 0 Å². The van der Waals surface area contributed by atoms with Gasteiger partial charge in [0, 0.05) is 25.7 Å². The van der Waals surface area contributed by atoms with Crippen molar-refractivity contribution in [2.24, 2.45) is 5.73 Å². The molecule has 21 heavy (non-hydrogen) atoms. The van der Waals surface area contributed by atoms with E-state index in [-0.39, 0.29) is 11.4 Å². The van der Waals surface area contributed by atoms with Gasteiger partial charge in [-0.15, -0.1) is 0 Å². The van der Waals surface area contributed by atoms with Gasteiger partial charge in [0.1, 0.15) is 10.6 Å². The van der Waals surface area contributed by atoms with Crippen molar-refractivity contribution in [1.29, 1.82) is 0 Å². The molecule has 7 heteroatoms. The van der Waals surface area contributed by atoms with Crippen LogP contribution in [0.2, 0.25) is 0 Å². The summed E-state index contributed by atoms with van der Waals surface area (Å²) in [7, 11) is -0.123. The monoisotopic (exact) mass is 313 g/mol.